The van der Waals surface area contributed by atoms with Crippen molar-refractivity contribution < 1.29 is 8.42 Å². The van der Waals surface area contributed by atoms with Crippen LogP contribution in [0.15, 0.2) is 10.3 Å². The van der Waals surface area contributed by atoms with Crippen LogP contribution < -0.4 is 5.32 Å². The molecule has 0 fully saturated rings. The normalized spacial score (nSPS) is 12.3. The zero-order valence-electron chi connectivity index (χ0n) is 10.8. The number of aryl methyl sites for hydroxylation is 1. The minimum atomic E-state index is -3.30. The van der Waals surface area contributed by atoms with Crippen molar-refractivity contribution in [2.24, 2.45) is 0 Å². The average molecular weight is 276 g/mol. The van der Waals surface area contributed by atoms with Gasteiger partial charge < -0.3 is 5.32 Å². The van der Waals surface area contributed by atoms with E-state index in [2.05, 4.69) is 5.32 Å². The highest BCUT2D eigenvalue weighted by Gasteiger charge is 2.24. The average Bonchev–Trinajstić information content (AvgIpc) is 2.63. The smallest absolute Gasteiger partial charge is 0.252 e. The third-order valence-corrected chi connectivity index (χ3v) is 6.37. The molecule has 0 unspecified atom stereocenters. The topological polar surface area (TPSA) is 49.4 Å². The van der Waals surface area contributed by atoms with Crippen LogP contribution >= 0.6 is 11.3 Å². The molecule has 1 aromatic heterocycles. The first-order valence-electron chi connectivity index (χ1n) is 5.71. The molecule has 17 heavy (non-hydrogen) atoms. The summed E-state index contributed by atoms with van der Waals surface area (Å²) < 4.78 is 26.5. The second-order valence-corrected chi connectivity index (χ2v) is 7.09. The predicted molar refractivity (Wildman–Crippen MR) is 71.9 cm³/mol. The van der Waals surface area contributed by atoms with Crippen molar-refractivity contribution in [2.75, 3.05) is 20.1 Å². The van der Waals surface area contributed by atoms with Crippen LogP contribution in [0.1, 0.15) is 24.3 Å². The molecule has 1 rings (SSSR count). The fraction of sp³-hybridized carbons (Fsp3) is 0.636. The Hall–Kier alpha value is -0.430. The Morgan fingerprint density at radius 3 is 2.41 bits per heavy atom. The van der Waals surface area contributed by atoms with Crippen molar-refractivity contribution in [3.63, 3.8) is 0 Å². The van der Waals surface area contributed by atoms with Crippen molar-refractivity contribution in [1.29, 1.82) is 0 Å². The van der Waals surface area contributed by atoms with Crippen LogP contribution in [-0.4, -0.2) is 32.9 Å². The molecule has 0 radical (unpaired) electrons. The van der Waals surface area contributed by atoms with Crippen LogP contribution in [0.2, 0.25) is 0 Å². The van der Waals surface area contributed by atoms with Gasteiger partial charge in [0.25, 0.3) is 10.0 Å². The molecule has 6 heteroatoms. The van der Waals surface area contributed by atoms with Crippen LogP contribution in [0, 0.1) is 6.92 Å². The van der Waals surface area contributed by atoms with E-state index in [1.54, 1.807) is 6.07 Å². The molecule has 0 saturated heterocycles. The fourth-order valence-electron chi connectivity index (χ4n) is 1.64. The van der Waals surface area contributed by atoms with Gasteiger partial charge in [0, 0.05) is 24.5 Å². The molecule has 0 amide bonds. The van der Waals surface area contributed by atoms with Gasteiger partial charge in [0.15, 0.2) is 0 Å². The molecule has 0 aromatic carbocycles. The molecule has 0 bridgehead atoms. The molecule has 4 nitrogen and oxygen atoms in total. The first kappa shape index (κ1) is 14.6. The highest BCUT2D eigenvalue weighted by Crippen LogP contribution is 2.28. The van der Waals surface area contributed by atoms with Crippen molar-refractivity contribution in [3.05, 3.63) is 16.5 Å². The van der Waals surface area contributed by atoms with Gasteiger partial charge in [-0.25, -0.2) is 8.42 Å². The number of thiophene rings is 1. The maximum Gasteiger partial charge on any atom is 0.252 e. The van der Waals surface area contributed by atoms with Crippen LogP contribution in [-0.2, 0) is 16.6 Å². The largest absolute Gasteiger partial charge is 0.315 e. The van der Waals surface area contributed by atoms with Crippen LogP contribution in [0.5, 0.6) is 0 Å². The highest BCUT2D eigenvalue weighted by atomic mass is 32.2. The Morgan fingerprint density at radius 1 is 1.35 bits per heavy atom. The second-order valence-electron chi connectivity index (χ2n) is 3.79. The number of rotatable bonds is 6. The summed E-state index contributed by atoms with van der Waals surface area (Å²) in [5, 5.41) is 3.05. The van der Waals surface area contributed by atoms with E-state index >= 15 is 0 Å². The Kier molecular flexibility index (Phi) is 5.12. The number of hydrogen-bond donors (Lipinski definition) is 1. The van der Waals surface area contributed by atoms with E-state index in [-0.39, 0.29) is 0 Å². The molecule has 1 aromatic rings. The summed E-state index contributed by atoms with van der Waals surface area (Å²) in [7, 11) is -1.44. The van der Waals surface area contributed by atoms with Crippen LogP contribution in [0.3, 0.4) is 0 Å². The lowest BCUT2D eigenvalue weighted by molar-refractivity contribution is 0.447. The summed E-state index contributed by atoms with van der Waals surface area (Å²) in [6.45, 7) is 7.40. The molecule has 0 aliphatic carbocycles. The minimum absolute atomic E-state index is 0.448. The zero-order valence-corrected chi connectivity index (χ0v) is 12.4. The van der Waals surface area contributed by atoms with Gasteiger partial charge >= 0.3 is 0 Å². The SMILES string of the molecule is CCN(CC)S(=O)(=O)c1cc(C)c(CNC)s1. The van der Waals surface area contributed by atoms with Crippen molar-refractivity contribution in [2.45, 2.75) is 31.5 Å². The standard InChI is InChI=1S/C11H20N2O2S2/c1-5-13(6-2)17(14,15)11-7-9(3)10(16-11)8-12-4/h7,12H,5-6,8H2,1-4H3. The van der Waals surface area contributed by atoms with Gasteiger partial charge in [-0.1, -0.05) is 13.8 Å². The summed E-state index contributed by atoms with van der Waals surface area (Å²) in [4.78, 5) is 1.08. The quantitative estimate of drug-likeness (QED) is 0.862. The summed E-state index contributed by atoms with van der Waals surface area (Å²) in [5.41, 5.74) is 1.04. The van der Waals surface area contributed by atoms with Gasteiger partial charge in [-0.3, -0.25) is 0 Å². The molecule has 98 valence electrons. The first-order chi connectivity index (χ1) is 7.97. The van der Waals surface area contributed by atoms with E-state index in [4.69, 9.17) is 0 Å². The number of nitrogens with one attached hydrogen (secondary N) is 1. The Labute approximate surface area is 108 Å². The molecule has 0 spiro atoms. The predicted octanol–water partition coefficient (Wildman–Crippen LogP) is 1.81. The van der Waals surface area contributed by atoms with Crippen LogP contribution in [0.25, 0.3) is 0 Å². The van der Waals surface area contributed by atoms with Gasteiger partial charge in [-0.2, -0.15) is 4.31 Å². The number of nitrogens with zero attached hydrogens (tertiary/aromatic N) is 1. The Bertz CT molecular complexity index is 462. The van der Waals surface area contributed by atoms with Gasteiger partial charge in [0.2, 0.25) is 0 Å². The van der Waals surface area contributed by atoms with Crippen molar-refractivity contribution in [1.82, 2.24) is 9.62 Å². The molecule has 1 N–H and O–H groups in total. The van der Waals surface area contributed by atoms with E-state index in [0.717, 1.165) is 10.4 Å². The van der Waals surface area contributed by atoms with E-state index in [1.807, 2.05) is 27.8 Å². The summed E-state index contributed by atoms with van der Waals surface area (Å²) in [6.07, 6.45) is 0. The third-order valence-electron chi connectivity index (χ3n) is 2.63. The molecule has 0 saturated carbocycles. The van der Waals surface area contributed by atoms with Crippen molar-refractivity contribution in [3.8, 4) is 0 Å². The van der Waals surface area contributed by atoms with Gasteiger partial charge in [-0.05, 0) is 25.6 Å². The Balaban J connectivity index is 3.11. The highest BCUT2D eigenvalue weighted by molar-refractivity contribution is 7.91. The van der Waals surface area contributed by atoms with E-state index in [1.165, 1.54) is 15.6 Å². The third kappa shape index (κ3) is 3.07. The molecule has 0 aliphatic rings. The van der Waals surface area contributed by atoms with Crippen molar-refractivity contribution >= 4 is 21.4 Å². The maximum atomic E-state index is 12.3. The lowest BCUT2D eigenvalue weighted by Gasteiger charge is -2.16. The molecule has 0 atom stereocenters. The monoisotopic (exact) mass is 276 g/mol. The van der Waals surface area contributed by atoms with Crippen LogP contribution in [0.4, 0.5) is 0 Å². The summed E-state index contributed by atoms with van der Waals surface area (Å²) in [6, 6.07) is 1.77. The molecular formula is C11H20N2O2S2. The van der Waals surface area contributed by atoms with Gasteiger partial charge in [0.1, 0.15) is 4.21 Å². The van der Waals surface area contributed by atoms with E-state index < -0.39 is 10.0 Å². The van der Waals surface area contributed by atoms with Gasteiger partial charge in [-0.15, -0.1) is 11.3 Å². The molecular weight excluding hydrogens is 256 g/mol. The molecule has 1 heterocycles. The summed E-state index contributed by atoms with van der Waals surface area (Å²) >= 11 is 1.36. The second kappa shape index (κ2) is 5.95. The lowest BCUT2D eigenvalue weighted by atomic mass is 10.3. The fourth-order valence-corrected chi connectivity index (χ4v) is 4.86. The zero-order chi connectivity index (χ0) is 13.1. The number of hydrogen-bond acceptors (Lipinski definition) is 4. The summed E-state index contributed by atoms with van der Waals surface area (Å²) in [5.74, 6) is 0. The van der Waals surface area contributed by atoms with Gasteiger partial charge in [0.05, 0.1) is 0 Å². The lowest BCUT2D eigenvalue weighted by Crippen LogP contribution is -2.29. The first-order valence-corrected chi connectivity index (χ1v) is 7.97. The Morgan fingerprint density at radius 2 is 1.94 bits per heavy atom. The molecule has 0 aliphatic heterocycles. The minimum Gasteiger partial charge on any atom is -0.315 e. The van der Waals surface area contributed by atoms with E-state index in [0.29, 0.717) is 23.8 Å². The maximum absolute atomic E-state index is 12.3. The number of sulfonamides is 1. The van der Waals surface area contributed by atoms with E-state index in [9.17, 15) is 8.42 Å².